The monoisotopic (exact) mass is 334 g/mol. The van der Waals surface area contributed by atoms with Gasteiger partial charge in [0, 0.05) is 37.9 Å². The zero-order valence-corrected chi connectivity index (χ0v) is 15.4. The lowest BCUT2D eigenvalue weighted by Gasteiger charge is -2.34. The fourth-order valence-electron chi connectivity index (χ4n) is 4.17. The SMILES string of the molecule is CC[C@@H]1CN(C(=O)[C@@H](C)n2nc(C)cc2C)C[C@H]1N1CCOCC1. The quantitative estimate of drug-likeness (QED) is 0.840. The van der Waals surface area contributed by atoms with Crippen molar-refractivity contribution >= 4 is 5.91 Å². The van der Waals surface area contributed by atoms with E-state index in [1.54, 1.807) is 0 Å². The average molecular weight is 334 g/mol. The Hall–Kier alpha value is -1.40. The Morgan fingerprint density at radius 3 is 2.62 bits per heavy atom. The maximum Gasteiger partial charge on any atom is 0.247 e. The zero-order valence-electron chi connectivity index (χ0n) is 15.4. The highest BCUT2D eigenvalue weighted by Gasteiger charge is 2.39. The Bertz CT molecular complexity index is 580. The van der Waals surface area contributed by atoms with Crippen LogP contribution < -0.4 is 0 Å². The van der Waals surface area contributed by atoms with Gasteiger partial charge >= 0.3 is 0 Å². The van der Waals surface area contributed by atoms with Crippen molar-refractivity contribution in [2.75, 3.05) is 39.4 Å². The number of hydrogen-bond donors (Lipinski definition) is 0. The molecule has 1 aromatic heterocycles. The second-order valence-corrected chi connectivity index (χ2v) is 7.17. The molecule has 2 saturated heterocycles. The number of aromatic nitrogens is 2. The second-order valence-electron chi connectivity index (χ2n) is 7.17. The van der Waals surface area contributed by atoms with Gasteiger partial charge in [0.15, 0.2) is 0 Å². The highest BCUT2D eigenvalue weighted by atomic mass is 16.5. The van der Waals surface area contributed by atoms with Crippen LogP contribution in [-0.4, -0.2) is 70.9 Å². The highest BCUT2D eigenvalue weighted by Crippen LogP contribution is 2.27. The van der Waals surface area contributed by atoms with Crippen LogP contribution in [0.5, 0.6) is 0 Å². The lowest BCUT2D eigenvalue weighted by Crippen LogP contribution is -2.47. The maximum atomic E-state index is 13.0. The molecule has 6 nitrogen and oxygen atoms in total. The first kappa shape index (κ1) is 17.4. The summed E-state index contributed by atoms with van der Waals surface area (Å²) in [5.74, 6) is 0.745. The normalized spacial score (nSPS) is 26.8. The van der Waals surface area contributed by atoms with Crippen molar-refractivity contribution in [3.8, 4) is 0 Å². The van der Waals surface area contributed by atoms with E-state index in [0.29, 0.717) is 12.0 Å². The van der Waals surface area contributed by atoms with E-state index in [2.05, 4.69) is 21.8 Å². The van der Waals surface area contributed by atoms with Crippen LogP contribution in [0.2, 0.25) is 0 Å². The van der Waals surface area contributed by atoms with Gasteiger partial charge in [0.2, 0.25) is 5.91 Å². The number of carbonyl (C=O) groups excluding carboxylic acids is 1. The van der Waals surface area contributed by atoms with E-state index in [1.807, 2.05) is 31.5 Å². The molecule has 0 spiro atoms. The van der Waals surface area contributed by atoms with Crippen LogP contribution in [0.1, 0.15) is 37.7 Å². The number of rotatable bonds is 4. The van der Waals surface area contributed by atoms with Gasteiger partial charge in [-0.25, -0.2) is 0 Å². The zero-order chi connectivity index (χ0) is 17.3. The number of carbonyl (C=O) groups is 1. The van der Waals surface area contributed by atoms with Crippen molar-refractivity contribution in [3.05, 3.63) is 17.5 Å². The van der Waals surface area contributed by atoms with Gasteiger partial charge in [-0.2, -0.15) is 5.10 Å². The van der Waals surface area contributed by atoms with Crippen molar-refractivity contribution in [1.29, 1.82) is 0 Å². The fourth-order valence-corrected chi connectivity index (χ4v) is 4.17. The first-order valence-corrected chi connectivity index (χ1v) is 9.14. The molecule has 1 aromatic rings. The van der Waals surface area contributed by atoms with Gasteiger partial charge < -0.3 is 9.64 Å². The lowest BCUT2D eigenvalue weighted by atomic mass is 9.99. The predicted octanol–water partition coefficient (Wildman–Crippen LogP) is 1.63. The van der Waals surface area contributed by atoms with Crippen LogP contribution in [0.3, 0.4) is 0 Å². The molecule has 3 rings (SSSR count). The van der Waals surface area contributed by atoms with E-state index in [4.69, 9.17) is 4.74 Å². The molecule has 2 fully saturated rings. The van der Waals surface area contributed by atoms with Crippen molar-refractivity contribution in [2.24, 2.45) is 5.92 Å². The first-order chi connectivity index (χ1) is 11.5. The molecule has 0 unspecified atom stereocenters. The maximum absolute atomic E-state index is 13.0. The smallest absolute Gasteiger partial charge is 0.247 e. The topological polar surface area (TPSA) is 50.6 Å². The largest absolute Gasteiger partial charge is 0.379 e. The van der Waals surface area contributed by atoms with E-state index in [-0.39, 0.29) is 11.9 Å². The first-order valence-electron chi connectivity index (χ1n) is 9.14. The Kier molecular flexibility index (Phi) is 5.25. The van der Waals surface area contributed by atoms with E-state index < -0.39 is 0 Å². The average Bonchev–Trinajstić information content (AvgIpc) is 3.17. The standard InChI is InChI=1S/C18H30N4O2/c1-5-16-11-21(12-17(16)20-6-8-24-9-7-20)18(23)15(4)22-14(3)10-13(2)19-22/h10,15-17H,5-9,11-12H2,1-4H3/t15-,16-,17-/m1/s1. The minimum Gasteiger partial charge on any atom is -0.379 e. The molecule has 0 aliphatic carbocycles. The molecule has 0 aromatic carbocycles. The highest BCUT2D eigenvalue weighted by molar-refractivity contribution is 5.80. The van der Waals surface area contributed by atoms with Crippen molar-refractivity contribution in [3.63, 3.8) is 0 Å². The molecule has 2 aliphatic heterocycles. The third kappa shape index (κ3) is 3.35. The van der Waals surface area contributed by atoms with Crippen LogP contribution in [0.25, 0.3) is 0 Å². The van der Waals surface area contributed by atoms with E-state index in [0.717, 1.165) is 57.2 Å². The van der Waals surface area contributed by atoms with Gasteiger partial charge in [0.05, 0.1) is 18.9 Å². The molecule has 0 saturated carbocycles. The van der Waals surface area contributed by atoms with Crippen LogP contribution in [-0.2, 0) is 9.53 Å². The van der Waals surface area contributed by atoms with Crippen LogP contribution >= 0.6 is 0 Å². The number of morpholine rings is 1. The molecule has 0 bridgehead atoms. The summed E-state index contributed by atoms with van der Waals surface area (Å²) in [4.78, 5) is 17.6. The number of hydrogen-bond acceptors (Lipinski definition) is 4. The van der Waals surface area contributed by atoms with Gasteiger partial charge in [0.25, 0.3) is 0 Å². The third-order valence-corrected chi connectivity index (χ3v) is 5.53. The summed E-state index contributed by atoms with van der Waals surface area (Å²) in [6, 6.07) is 2.26. The molecule has 0 radical (unpaired) electrons. The summed E-state index contributed by atoms with van der Waals surface area (Å²) >= 11 is 0. The summed E-state index contributed by atoms with van der Waals surface area (Å²) in [6.45, 7) is 13.5. The van der Waals surface area contributed by atoms with Crippen LogP contribution in [0.15, 0.2) is 6.07 Å². The Morgan fingerprint density at radius 2 is 2.04 bits per heavy atom. The van der Waals surface area contributed by atoms with Crippen LogP contribution in [0, 0.1) is 19.8 Å². The minimum absolute atomic E-state index is 0.190. The number of likely N-dealkylation sites (tertiary alicyclic amines) is 1. The van der Waals surface area contributed by atoms with Crippen molar-refractivity contribution in [2.45, 2.75) is 46.2 Å². The van der Waals surface area contributed by atoms with Crippen molar-refractivity contribution in [1.82, 2.24) is 19.6 Å². The van der Waals surface area contributed by atoms with E-state index in [9.17, 15) is 4.79 Å². The van der Waals surface area contributed by atoms with Crippen LogP contribution in [0.4, 0.5) is 0 Å². The number of ether oxygens (including phenoxy) is 1. The predicted molar refractivity (Wildman–Crippen MR) is 93.0 cm³/mol. The summed E-state index contributed by atoms with van der Waals surface area (Å²) in [7, 11) is 0. The Labute approximate surface area is 144 Å². The molecule has 2 aliphatic rings. The van der Waals surface area contributed by atoms with Crippen molar-refractivity contribution < 1.29 is 9.53 Å². The summed E-state index contributed by atoms with van der Waals surface area (Å²) < 4.78 is 7.34. The summed E-state index contributed by atoms with van der Waals surface area (Å²) in [5.41, 5.74) is 2.01. The molecule has 3 heterocycles. The van der Waals surface area contributed by atoms with Gasteiger partial charge in [0.1, 0.15) is 6.04 Å². The molecule has 1 amide bonds. The number of amides is 1. The van der Waals surface area contributed by atoms with Gasteiger partial charge in [-0.3, -0.25) is 14.4 Å². The molecule has 134 valence electrons. The Morgan fingerprint density at radius 1 is 1.33 bits per heavy atom. The summed E-state index contributed by atoms with van der Waals surface area (Å²) in [5, 5.41) is 4.49. The minimum atomic E-state index is -0.236. The number of nitrogens with zero attached hydrogens (tertiary/aromatic N) is 4. The van der Waals surface area contributed by atoms with Gasteiger partial charge in [-0.05, 0) is 32.8 Å². The molecule has 0 N–H and O–H groups in total. The summed E-state index contributed by atoms with van der Waals surface area (Å²) in [6.07, 6.45) is 1.11. The van der Waals surface area contributed by atoms with E-state index in [1.165, 1.54) is 0 Å². The lowest BCUT2D eigenvalue weighted by molar-refractivity contribution is -0.133. The third-order valence-electron chi connectivity index (χ3n) is 5.53. The molecule has 6 heteroatoms. The number of aryl methyl sites for hydroxylation is 2. The molecule has 24 heavy (non-hydrogen) atoms. The molecular weight excluding hydrogens is 304 g/mol. The second kappa shape index (κ2) is 7.23. The van der Waals surface area contributed by atoms with Gasteiger partial charge in [-0.15, -0.1) is 0 Å². The molecular formula is C18H30N4O2. The van der Waals surface area contributed by atoms with E-state index >= 15 is 0 Å². The molecule has 3 atom stereocenters. The van der Waals surface area contributed by atoms with Gasteiger partial charge in [-0.1, -0.05) is 13.3 Å². The Balaban J connectivity index is 1.70. The fraction of sp³-hybridized carbons (Fsp3) is 0.778.